The van der Waals surface area contributed by atoms with E-state index in [1.54, 1.807) is 17.8 Å². The van der Waals surface area contributed by atoms with Gasteiger partial charge in [0.1, 0.15) is 5.75 Å². The molecule has 0 aromatic heterocycles. The van der Waals surface area contributed by atoms with Crippen molar-refractivity contribution in [1.82, 2.24) is 0 Å². The fraction of sp³-hybridized carbons (Fsp3) is 0.364. The lowest BCUT2D eigenvalue weighted by Gasteiger charge is -2.11. The van der Waals surface area contributed by atoms with E-state index in [4.69, 9.17) is 5.73 Å². The molecular formula is C11H14N2O2S. The molecule has 1 aliphatic heterocycles. The molecule has 0 saturated carbocycles. The van der Waals surface area contributed by atoms with E-state index >= 15 is 0 Å². The van der Waals surface area contributed by atoms with E-state index in [1.807, 2.05) is 0 Å². The van der Waals surface area contributed by atoms with Crippen molar-refractivity contribution < 1.29 is 9.90 Å². The van der Waals surface area contributed by atoms with Gasteiger partial charge in [-0.25, -0.2) is 0 Å². The third-order valence-corrected chi connectivity index (χ3v) is 3.89. The number of aromatic hydroxyl groups is 1. The van der Waals surface area contributed by atoms with Crippen LogP contribution in [0.4, 0.5) is 11.4 Å². The van der Waals surface area contributed by atoms with Crippen LogP contribution in [-0.2, 0) is 4.79 Å². The highest BCUT2D eigenvalue weighted by atomic mass is 32.2. The molecular weight excluding hydrogens is 224 g/mol. The summed E-state index contributed by atoms with van der Waals surface area (Å²) in [6.07, 6.45) is 2.02. The monoisotopic (exact) mass is 238 g/mol. The van der Waals surface area contributed by atoms with Crippen molar-refractivity contribution in [1.29, 1.82) is 0 Å². The number of phenols is 1. The molecule has 0 radical (unpaired) electrons. The van der Waals surface area contributed by atoms with Gasteiger partial charge in [0.05, 0.1) is 16.6 Å². The maximum Gasteiger partial charge on any atom is 0.237 e. The molecule has 1 fully saturated rings. The quantitative estimate of drug-likeness (QED) is 0.542. The SMILES string of the molecule is Nc1cc(O)ccc1NC(=O)C1CCCS1. The Labute approximate surface area is 98.2 Å². The second-order valence-corrected chi connectivity index (χ2v) is 5.07. The molecule has 2 rings (SSSR count). The highest BCUT2D eigenvalue weighted by Gasteiger charge is 2.23. The van der Waals surface area contributed by atoms with Crippen LogP contribution >= 0.6 is 11.8 Å². The van der Waals surface area contributed by atoms with Gasteiger partial charge in [-0.3, -0.25) is 4.79 Å². The summed E-state index contributed by atoms with van der Waals surface area (Å²) in [4.78, 5) is 11.8. The van der Waals surface area contributed by atoms with Crippen LogP contribution in [0.3, 0.4) is 0 Å². The Morgan fingerprint density at radius 1 is 1.56 bits per heavy atom. The Bertz CT molecular complexity index is 403. The van der Waals surface area contributed by atoms with Crippen LogP contribution in [0.2, 0.25) is 0 Å². The molecule has 1 unspecified atom stereocenters. The van der Waals surface area contributed by atoms with Gasteiger partial charge >= 0.3 is 0 Å². The number of hydrogen-bond donors (Lipinski definition) is 3. The summed E-state index contributed by atoms with van der Waals surface area (Å²) in [5.74, 6) is 1.15. The molecule has 1 amide bonds. The molecule has 0 bridgehead atoms. The minimum Gasteiger partial charge on any atom is -0.508 e. The van der Waals surface area contributed by atoms with E-state index < -0.39 is 0 Å². The summed E-state index contributed by atoms with van der Waals surface area (Å²) in [6.45, 7) is 0. The largest absolute Gasteiger partial charge is 0.508 e. The van der Waals surface area contributed by atoms with E-state index in [-0.39, 0.29) is 16.9 Å². The minimum absolute atomic E-state index is 0.000102. The molecule has 16 heavy (non-hydrogen) atoms. The predicted octanol–water partition coefficient (Wildman–Crippen LogP) is 1.81. The van der Waals surface area contributed by atoms with Gasteiger partial charge in [0.2, 0.25) is 5.91 Å². The summed E-state index contributed by atoms with van der Waals surface area (Å²) in [5, 5.41) is 12.0. The zero-order valence-corrected chi connectivity index (χ0v) is 9.59. The van der Waals surface area contributed by atoms with Crippen LogP contribution in [0.5, 0.6) is 5.75 Å². The molecule has 1 saturated heterocycles. The number of carbonyl (C=O) groups is 1. The first-order chi connectivity index (χ1) is 7.66. The number of rotatable bonds is 2. The molecule has 0 aliphatic carbocycles. The van der Waals surface area contributed by atoms with E-state index in [9.17, 15) is 9.90 Å². The molecule has 1 aromatic rings. The van der Waals surface area contributed by atoms with Gasteiger partial charge < -0.3 is 16.2 Å². The lowest BCUT2D eigenvalue weighted by atomic mass is 10.2. The molecule has 4 nitrogen and oxygen atoms in total. The Morgan fingerprint density at radius 2 is 2.38 bits per heavy atom. The number of nitrogens with two attached hydrogens (primary N) is 1. The summed E-state index contributed by atoms with van der Waals surface area (Å²) >= 11 is 1.68. The number of amides is 1. The first-order valence-electron chi connectivity index (χ1n) is 5.18. The van der Waals surface area contributed by atoms with Gasteiger partial charge in [0.25, 0.3) is 0 Å². The molecule has 1 heterocycles. The van der Waals surface area contributed by atoms with E-state index in [2.05, 4.69) is 5.32 Å². The van der Waals surface area contributed by atoms with Crippen molar-refractivity contribution in [2.24, 2.45) is 0 Å². The first kappa shape index (κ1) is 11.1. The number of thioether (sulfide) groups is 1. The van der Waals surface area contributed by atoms with Gasteiger partial charge in [0, 0.05) is 6.07 Å². The average molecular weight is 238 g/mol. The van der Waals surface area contributed by atoms with E-state index in [0.717, 1.165) is 18.6 Å². The van der Waals surface area contributed by atoms with E-state index in [1.165, 1.54) is 12.1 Å². The van der Waals surface area contributed by atoms with Gasteiger partial charge in [-0.1, -0.05) is 0 Å². The Balaban J connectivity index is 2.05. The second kappa shape index (κ2) is 4.65. The number of benzene rings is 1. The predicted molar refractivity (Wildman–Crippen MR) is 66.6 cm³/mol. The maximum atomic E-state index is 11.8. The van der Waals surface area contributed by atoms with Crippen LogP contribution in [0.15, 0.2) is 18.2 Å². The lowest BCUT2D eigenvalue weighted by Crippen LogP contribution is -2.23. The topological polar surface area (TPSA) is 75.3 Å². The number of nitrogens with one attached hydrogen (secondary N) is 1. The fourth-order valence-electron chi connectivity index (χ4n) is 1.66. The van der Waals surface area contributed by atoms with Gasteiger partial charge in [0.15, 0.2) is 0 Å². The van der Waals surface area contributed by atoms with Crippen molar-refractivity contribution in [3.63, 3.8) is 0 Å². The Kier molecular flexibility index (Phi) is 3.24. The highest BCUT2D eigenvalue weighted by Crippen LogP contribution is 2.29. The van der Waals surface area contributed by atoms with Crippen molar-refractivity contribution in [2.75, 3.05) is 16.8 Å². The summed E-state index contributed by atoms with van der Waals surface area (Å²) in [7, 11) is 0. The van der Waals surface area contributed by atoms with Crippen LogP contribution in [0.25, 0.3) is 0 Å². The standard InChI is InChI=1S/C11H14N2O2S/c12-8-6-7(14)3-4-9(8)13-11(15)10-2-1-5-16-10/h3-4,6,10,14H,1-2,5,12H2,(H,13,15). The summed E-state index contributed by atoms with van der Waals surface area (Å²) < 4.78 is 0. The van der Waals surface area contributed by atoms with Crippen LogP contribution in [-0.4, -0.2) is 22.0 Å². The molecule has 0 spiro atoms. The molecule has 1 aliphatic rings. The molecule has 86 valence electrons. The zero-order valence-electron chi connectivity index (χ0n) is 8.77. The number of hydrogen-bond acceptors (Lipinski definition) is 4. The summed E-state index contributed by atoms with van der Waals surface area (Å²) in [6, 6.07) is 4.55. The smallest absolute Gasteiger partial charge is 0.237 e. The number of nitrogen functional groups attached to an aromatic ring is 1. The Morgan fingerprint density at radius 3 is 3.00 bits per heavy atom. The second-order valence-electron chi connectivity index (χ2n) is 3.76. The van der Waals surface area contributed by atoms with Crippen LogP contribution in [0.1, 0.15) is 12.8 Å². The van der Waals surface area contributed by atoms with Gasteiger partial charge in [-0.2, -0.15) is 0 Å². The van der Waals surface area contributed by atoms with Crippen molar-refractivity contribution in [3.8, 4) is 5.75 Å². The molecule has 1 atom stereocenters. The zero-order chi connectivity index (χ0) is 11.5. The Hall–Kier alpha value is -1.36. The molecule has 1 aromatic carbocycles. The molecule has 5 heteroatoms. The number of anilines is 2. The van der Waals surface area contributed by atoms with Crippen molar-refractivity contribution in [2.45, 2.75) is 18.1 Å². The highest BCUT2D eigenvalue weighted by molar-refractivity contribution is 8.00. The number of phenolic OH excluding ortho intramolecular Hbond substituents is 1. The van der Waals surface area contributed by atoms with Crippen molar-refractivity contribution >= 4 is 29.0 Å². The van der Waals surface area contributed by atoms with Gasteiger partial charge in [-0.15, -0.1) is 11.8 Å². The third kappa shape index (κ3) is 2.41. The van der Waals surface area contributed by atoms with E-state index in [0.29, 0.717) is 11.4 Å². The van der Waals surface area contributed by atoms with Crippen LogP contribution in [0, 0.1) is 0 Å². The minimum atomic E-state index is -0.000102. The van der Waals surface area contributed by atoms with Crippen LogP contribution < -0.4 is 11.1 Å². The normalized spacial score (nSPS) is 19.6. The third-order valence-electron chi connectivity index (χ3n) is 2.52. The maximum absolute atomic E-state index is 11.8. The first-order valence-corrected chi connectivity index (χ1v) is 6.22. The summed E-state index contributed by atoms with van der Waals surface area (Å²) in [5.41, 5.74) is 6.64. The fourth-order valence-corrected chi connectivity index (χ4v) is 2.82. The van der Waals surface area contributed by atoms with Gasteiger partial charge in [-0.05, 0) is 30.7 Å². The van der Waals surface area contributed by atoms with Crippen molar-refractivity contribution in [3.05, 3.63) is 18.2 Å². The number of carbonyl (C=O) groups excluding carboxylic acids is 1. The molecule has 4 N–H and O–H groups in total. The lowest BCUT2D eigenvalue weighted by molar-refractivity contribution is -0.115. The average Bonchev–Trinajstić information content (AvgIpc) is 2.75.